The van der Waals surface area contributed by atoms with Crippen LogP contribution in [0, 0.1) is 0 Å². The second kappa shape index (κ2) is 5.60. The summed E-state index contributed by atoms with van der Waals surface area (Å²) < 4.78 is 8.22. The van der Waals surface area contributed by atoms with Crippen molar-refractivity contribution < 1.29 is 9.53 Å². The lowest BCUT2D eigenvalue weighted by molar-refractivity contribution is -0.101. The molecule has 3 aliphatic heterocycles. The van der Waals surface area contributed by atoms with Crippen LogP contribution in [0.25, 0.3) is 0 Å². The van der Waals surface area contributed by atoms with Gasteiger partial charge in [0.15, 0.2) is 5.69 Å². The molecule has 2 saturated heterocycles. The highest BCUT2D eigenvalue weighted by Crippen LogP contribution is 2.37. The lowest BCUT2D eigenvalue weighted by Crippen LogP contribution is -2.48. The predicted octanol–water partition coefficient (Wildman–Crippen LogP) is 1.19. The van der Waals surface area contributed by atoms with Crippen LogP contribution in [0.2, 0.25) is 0 Å². The van der Waals surface area contributed by atoms with E-state index >= 15 is 0 Å². The van der Waals surface area contributed by atoms with Gasteiger partial charge in [-0.3, -0.25) is 9.48 Å². The summed E-state index contributed by atoms with van der Waals surface area (Å²) in [4.78, 5) is 17.0. The Morgan fingerprint density at radius 3 is 2.52 bits per heavy atom. The summed E-state index contributed by atoms with van der Waals surface area (Å²) >= 11 is 0. The van der Waals surface area contributed by atoms with E-state index in [4.69, 9.17) is 4.74 Å². The molecule has 1 aromatic rings. The lowest BCUT2D eigenvalue weighted by atomic mass is 9.84. The number of piperidine rings is 1. The van der Waals surface area contributed by atoms with Gasteiger partial charge in [-0.2, -0.15) is 5.10 Å². The number of nitrogens with zero attached hydrogens (tertiary/aromatic N) is 4. The molecule has 4 rings (SSSR count). The zero-order valence-corrected chi connectivity index (χ0v) is 14.2. The highest BCUT2D eigenvalue weighted by Gasteiger charge is 2.41. The Morgan fingerprint density at radius 1 is 1.13 bits per heavy atom. The number of fused-ring (bicyclic) bond motifs is 1. The number of carbonyl (C=O) groups excluding carboxylic acids is 1. The fourth-order valence-electron chi connectivity index (χ4n) is 4.15. The van der Waals surface area contributed by atoms with E-state index < -0.39 is 0 Å². The van der Waals surface area contributed by atoms with Gasteiger partial charge in [-0.1, -0.05) is 0 Å². The van der Waals surface area contributed by atoms with Gasteiger partial charge >= 0.3 is 0 Å². The predicted molar refractivity (Wildman–Crippen MR) is 86.3 cm³/mol. The van der Waals surface area contributed by atoms with Crippen LogP contribution in [0.3, 0.4) is 0 Å². The third-order valence-electron chi connectivity index (χ3n) is 5.78. The Balaban J connectivity index is 1.59. The van der Waals surface area contributed by atoms with Gasteiger partial charge in [0.05, 0.1) is 12.2 Å². The fraction of sp³-hybridized carbons (Fsp3) is 0.765. The van der Waals surface area contributed by atoms with Gasteiger partial charge in [0.25, 0.3) is 5.91 Å². The number of aromatic nitrogens is 2. The molecule has 6 heteroatoms. The SMILES string of the molecule is CN1CCC2(CC1)Cc1c(c(C(=O)N3CCCC3)nn1C)CO2. The topological polar surface area (TPSA) is 50.6 Å². The average molecular weight is 318 g/mol. The number of carbonyl (C=O) groups is 1. The molecule has 1 spiro atoms. The summed E-state index contributed by atoms with van der Waals surface area (Å²) in [6, 6.07) is 0. The normalized spacial score (nSPS) is 24.2. The minimum atomic E-state index is -0.0543. The molecule has 23 heavy (non-hydrogen) atoms. The van der Waals surface area contributed by atoms with Crippen molar-refractivity contribution in [1.29, 1.82) is 0 Å². The average Bonchev–Trinajstić information content (AvgIpc) is 3.19. The van der Waals surface area contributed by atoms with Crippen molar-refractivity contribution in [2.75, 3.05) is 33.2 Å². The molecular weight excluding hydrogens is 292 g/mol. The molecule has 2 fully saturated rings. The van der Waals surface area contributed by atoms with E-state index in [1.807, 2.05) is 16.6 Å². The molecule has 3 aliphatic rings. The number of ether oxygens (including phenoxy) is 1. The first-order valence-corrected chi connectivity index (χ1v) is 8.74. The van der Waals surface area contributed by atoms with Crippen LogP contribution >= 0.6 is 0 Å². The molecule has 0 aromatic carbocycles. The maximum Gasteiger partial charge on any atom is 0.274 e. The highest BCUT2D eigenvalue weighted by atomic mass is 16.5. The summed E-state index contributed by atoms with van der Waals surface area (Å²) in [5.41, 5.74) is 2.78. The van der Waals surface area contributed by atoms with Crippen LogP contribution in [-0.2, 0) is 24.8 Å². The lowest BCUT2D eigenvalue weighted by Gasteiger charge is -2.43. The Bertz CT molecular complexity index is 610. The highest BCUT2D eigenvalue weighted by molar-refractivity contribution is 5.94. The van der Waals surface area contributed by atoms with Crippen LogP contribution < -0.4 is 0 Å². The Hall–Kier alpha value is -1.40. The number of rotatable bonds is 1. The fourth-order valence-corrected chi connectivity index (χ4v) is 4.15. The number of hydrogen-bond donors (Lipinski definition) is 0. The number of aryl methyl sites for hydroxylation is 1. The maximum absolute atomic E-state index is 12.7. The van der Waals surface area contributed by atoms with Crippen LogP contribution in [-0.4, -0.2) is 64.3 Å². The Labute approximate surface area is 137 Å². The number of likely N-dealkylation sites (tertiary alicyclic amines) is 2. The van der Waals surface area contributed by atoms with Gasteiger partial charge in [-0.25, -0.2) is 0 Å². The summed E-state index contributed by atoms with van der Waals surface area (Å²) in [6.45, 7) is 4.41. The molecule has 0 saturated carbocycles. The second-order valence-electron chi connectivity index (χ2n) is 7.35. The molecule has 0 unspecified atom stereocenters. The van der Waals surface area contributed by atoms with Crippen molar-refractivity contribution in [3.05, 3.63) is 17.0 Å². The molecule has 1 aromatic heterocycles. The van der Waals surface area contributed by atoms with Gasteiger partial charge in [-0.05, 0) is 32.7 Å². The van der Waals surface area contributed by atoms with E-state index in [0.717, 1.165) is 63.8 Å². The molecule has 6 nitrogen and oxygen atoms in total. The second-order valence-corrected chi connectivity index (χ2v) is 7.35. The summed E-state index contributed by atoms with van der Waals surface area (Å²) in [5.74, 6) is 0.0854. The zero-order chi connectivity index (χ0) is 16.0. The molecule has 0 aliphatic carbocycles. The summed E-state index contributed by atoms with van der Waals surface area (Å²) in [7, 11) is 4.13. The minimum Gasteiger partial charge on any atom is -0.370 e. The van der Waals surface area contributed by atoms with Gasteiger partial charge < -0.3 is 14.5 Å². The monoisotopic (exact) mass is 318 g/mol. The van der Waals surface area contributed by atoms with Gasteiger partial charge in [0, 0.05) is 50.9 Å². The van der Waals surface area contributed by atoms with E-state index in [1.54, 1.807) is 0 Å². The first kappa shape index (κ1) is 15.1. The van der Waals surface area contributed by atoms with Crippen molar-refractivity contribution in [3.8, 4) is 0 Å². The van der Waals surface area contributed by atoms with Crippen molar-refractivity contribution in [3.63, 3.8) is 0 Å². The van der Waals surface area contributed by atoms with Crippen LogP contribution in [0.1, 0.15) is 47.4 Å². The molecular formula is C17H26N4O2. The van der Waals surface area contributed by atoms with E-state index in [1.165, 1.54) is 5.69 Å². The molecule has 1 amide bonds. The van der Waals surface area contributed by atoms with E-state index in [2.05, 4.69) is 17.0 Å². The molecule has 4 heterocycles. The molecule has 0 radical (unpaired) electrons. The summed E-state index contributed by atoms with van der Waals surface area (Å²) in [6.07, 6.45) is 5.21. The zero-order valence-electron chi connectivity index (χ0n) is 14.2. The van der Waals surface area contributed by atoms with Crippen molar-refractivity contribution in [2.24, 2.45) is 7.05 Å². The van der Waals surface area contributed by atoms with Crippen LogP contribution in [0.5, 0.6) is 0 Å². The quantitative estimate of drug-likeness (QED) is 0.780. The van der Waals surface area contributed by atoms with Gasteiger partial charge in [0.2, 0.25) is 0 Å². The minimum absolute atomic E-state index is 0.0543. The Kier molecular flexibility index (Phi) is 3.69. The first-order valence-electron chi connectivity index (χ1n) is 8.74. The number of amides is 1. The molecule has 0 atom stereocenters. The van der Waals surface area contributed by atoms with Crippen molar-refractivity contribution in [1.82, 2.24) is 19.6 Å². The van der Waals surface area contributed by atoms with Crippen LogP contribution in [0.15, 0.2) is 0 Å². The van der Waals surface area contributed by atoms with Gasteiger partial charge in [0.1, 0.15) is 0 Å². The first-order chi connectivity index (χ1) is 11.1. The van der Waals surface area contributed by atoms with E-state index in [9.17, 15) is 4.79 Å². The largest absolute Gasteiger partial charge is 0.370 e. The van der Waals surface area contributed by atoms with E-state index in [0.29, 0.717) is 12.3 Å². The maximum atomic E-state index is 12.7. The standard InChI is InChI=1S/C17H26N4O2/c1-19-9-5-17(6-10-19)11-14-13(12-23-17)15(18-20(14)2)16(22)21-7-3-4-8-21/h3-12H2,1-2H3. The van der Waals surface area contributed by atoms with E-state index in [-0.39, 0.29) is 11.5 Å². The van der Waals surface area contributed by atoms with Crippen LogP contribution in [0.4, 0.5) is 0 Å². The summed E-state index contributed by atoms with van der Waals surface area (Å²) in [5, 5.41) is 4.56. The third-order valence-corrected chi connectivity index (χ3v) is 5.78. The molecule has 126 valence electrons. The Morgan fingerprint density at radius 2 is 1.83 bits per heavy atom. The van der Waals surface area contributed by atoms with Crippen molar-refractivity contribution >= 4 is 5.91 Å². The van der Waals surface area contributed by atoms with Gasteiger partial charge in [-0.15, -0.1) is 0 Å². The molecule has 0 bridgehead atoms. The van der Waals surface area contributed by atoms with Crippen molar-refractivity contribution in [2.45, 2.75) is 44.3 Å². The molecule has 0 N–H and O–H groups in total. The third kappa shape index (κ3) is 2.58. The number of hydrogen-bond acceptors (Lipinski definition) is 4. The smallest absolute Gasteiger partial charge is 0.274 e.